The van der Waals surface area contributed by atoms with Crippen molar-refractivity contribution in [3.63, 3.8) is 0 Å². The summed E-state index contributed by atoms with van der Waals surface area (Å²) in [6.07, 6.45) is 5.09. The van der Waals surface area contributed by atoms with Gasteiger partial charge in [0.15, 0.2) is 0 Å². The van der Waals surface area contributed by atoms with Crippen LogP contribution in [0.2, 0.25) is 0 Å². The predicted octanol–water partition coefficient (Wildman–Crippen LogP) is 2.63. The fourth-order valence-electron chi connectivity index (χ4n) is 4.92. The molecule has 1 heterocycles. The molecule has 222 valence electrons. The molecule has 11 nitrogen and oxygen atoms in total. The van der Waals surface area contributed by atoms with Crippen molar-refractivity contribution in [2.24, 2.45) is 0 Å². The maximum absolute atomic E-state index is 11.1. The van der Waals surface area contributed by atoms with Gasteiger partial charge in [-0.25, -0.2) is 13.0 Å². The van der Waals surface area contributed by atoms with Crippen LogP contribution in [0.3, 0.4) is 0 Å². The first-order valence-corrected chi connectivity index (χ1v) is 16.5. The molecule has 0 unspecified atom stereocenters. The highest BCUT2D eigenvalue weighted by molar-refractivity contribution is 7.85. The Morgan fingerprint density at radius 1 is 1.05 bits per heavy atom. The first-order valence-electron chi connectivity index (χ1n) is 13.3. The van der Waals surface area contributed by atoms with Crippen LogP contribution in [-0.4, -0.2) is 68.2 Å². The summed E-state index contributed by atoms with van der Waals surface area (Å²) < 4.78 is 72.7. The highest BCUT2D eigenvalue weighted by atomic mass is 32.2. The molecule has 3 N–H and O–H groups in total. The van der Waals surface area contributed by atoms with Gasteiger partial charge in [-0.2, -0.15) is 8.42 Å². The molecule has 40 heavy (non-hydrogen) atoms. The Kier molecular flexibility index (Phi) is 10.6. The zero-order chi connectivity index (χ0) is 29.6. The molecular formula is C27H38N2O9S2. The molecule has 0 saturated carbocycles. The van der Waals surface area contributed by atoms with E-state index < -0.39 is 32.0 Å². The van der Waals surface area contributed by atoms with Crippen LogP contribution in [0.4, 0.5) is 0 Å². The Balaban J connectivity index is 1.90. The highest BCUT2D eigenvalue weighted by Gasteiger charge is 2.31. The van der Waals surface area contributed by atoms with Crippen LogP contribution in [0, 0.1) is 0 Å². The van der Waals surface area contributed by atoms with E-state index in [0.717, 1.165) is 22.2 Å². The van der Waals surface area contributed by atoms with Gasteiger partial charge in [0.1, 0.15) is 24.6 Å². The zero-order valence-corrected chi connectivity index (χ0v) is 24.5. The first-order chi connectivity index (χ1) is 18.6. The number of hydrogen-bond donors (Lipinski definition) is 3. The molecule has 1 aliphatic heterocycles. The summed E-state index contributed by atoms with van der Waals surface area (Å²) in [4.78, 5) is 10.8. The molecule has 13 heteroatoms. The summed E-state index contributed by atoms with van der Waals surface area (Å²) in [6.45, 7) is 5.51. The summed E-state index contributed by atoms with van der Waals surface area (Å²) in [5, 5.41) is 12.9. The molecule has 0 saturated heterocycles. The fourth-order valence-corrected chi connectivity index (χ4v) is 5.91. The van der Waals surface area contributed by atoms with Gasteiger partial charge in [-0.15, -0.1) is 0 Å². The van der Waals surface area contributed by atoms with Crippen LogP contribution in [0.1, 0.15) is 70.1 Å². The van der Waals surface area contributed by atoms with Crippen molar-refractivity contribution in [1.29, 1.82) is 0 Å². The molecule has 0 fully saturated rings. The molecule has 0 radical (unpaired) electrons. The Morgan fingerprint density at radius 2 is 1.77 bits per heavy atom. The highest BCUT2D eigenvalue weighted by Crippen LogP contribution is 2.40. The average Bonchev–Trinajstić information content (AvgIpc) is 2.82. The lowest BCUT2D eigenvalue weighted by atomic mass is 9.76. The summed E-state index contributed by atoms with van der Waals surface area (Å²) in [5.74, 6) is -0.319. The van der Waals surface area contributed by atoms with E-state index in [9.17, 15) is 26.2 Å². The number of hydrogen-bond acceptors (Lipinski definition) is 8. The Labute approximate surface area is 235 Å². The van der Waals surface area contributed by atoms with Gasteiger partial charge in [0.2, 0.25) is 5.36 Å². The maximum Gasteiger partial charge on any atom is 0.303 e. The largest absolute Gasteiger partial charge is 0.748 e. The van der Waals surface area contributed by atoms with Crippen LogP contribution in [0.15, 0.2) is 34.4 Å². The minimum absolute atomic E-state index is 0.0929. The first kappa shape index (κ1) is 31.8. The van der Waals surface area contributed by atoms with Crippen molar-refractivity contribution in [2.75, 3.05) is 31.1 Å². The monoisotopic (exact) mass is 598 g/mol. The molecule has 0 aromatic heterocycles. The number of aliphatic carboxylic acids is 1. The second-order valence-electron chi connectivity index (χ2n) is 10.8. The summed E-state index contributed by atoms with van der Waals surface area (Å²) >= 11 is 0. The second-order valence-corrected chi connectivity index (χ2v) is 13.9. The molecule has 0 aromatic carbocycles. The number of benzene rings is 1. The molecule has 0 atom stereocenters. The van der Waals surface area contributed by atoms with E-state index in [1.54, 1.807) is 0 Å². The quantitative estimate of drug-likeness (QED) is 0.157. The molecule has 0 bridgehead atoms. The predicted molar refractivity (Wildman–Crippen MR) is 150 cm³/mol. The van der Waals surface area contributed by atoms with Gasteiger partial charge in [-0.3, -0.25) is 9.35 Å². The van der Waals surface area contributed by atoms with Gasteiger partial charge >= 0.3 is 5.97 Å². The van der Waals surface area contributed by atoms with Gasteiger partial charge in [-0.1, -0.05) is 13.8 Å². The van der Waals surface area contributed by atoms with Crippen LogP contribution in [0.5, 0.6) is 0 Å². The van der Waals surface area contributed by atoms with Crippen LogP contribution in [0.25, 0.3) is 17.4 Å². The van der Waals surface area contributed by atoms with Crippen molar-refractivity contribution in [3.05, 3.63) is 46.6 Å². The number of carbonyl (C=O) groups is 1. The van der Waals surface area contributed by atoms with Crippen molar-refractivity contribution in [1.82, 2.24) is 9.89 Å². The second kappa shape index (κ2) is 13.3. The third kappa shape index (κ3) is 10.0. The van der Waals surface area contributed by atoms with Gasteiger partial charge in [0.05, 0.1) is 21.9 Å². The van der Waals surface area contributed by atoms with E-state index in [0.29, 0.717) is 56.8 Å². The summed E-state index contributed by atoms with van der Waals surface area (Å²) in [5.41, 5.74) is 2.58. The zero-order valence-electron chi connectivity index (χ0n) is 22.9. The van der Waals surface area contributed by atoms with Gasteiger partial charge in [-0.05, 0) is 43.2 Å². The van der Waals surface area contributed by atoms with Crippen LogP contribution < -0.4 is 15.2 Å². The number of fused-ring (bicyclic) bond motifs is 2. The van der Waals surface area contributed by atoms with E-state index >= 15 is 0 Å². The normalized spacial score (nSPS) is 15.8. The Morgan fingerprint density at radius 3 is 2.45 bits per heavy atom. The molecule has 3 rings (SSSR count). The van der Waals surface area contributed by atoms with Crippen molar-refractivity contribution in [2.45, 2.75) is 64.2 Å². The van der Waals surface area contributed by atoms with Gasteiger partial charge < -0.3 is 19.4 Å². The van der Waals surface area contributed by atoms with E-state index in [1.165, 1.54) is 0 Å². The topological polar surface area (TPSA) is 177 Å². The van der Waals surface area contributed by atoms with Gasteiger partial charge in [0.25, 0.3) is 10.1 Å². The Hall–Kier alpha value is -2.74. The van der Waals surface area contributed by atoms with E-state index in [-0.39, 0.29) is 30.4 Å². The molecule has 0 spiro atoms. The molecule has 0 amide bonds. The minimum Gasteiger partial charge on any atom is -0.748 e. The molecule has 0 aromatic rings. The smallest absolute Gasteiger partial charge is 0.303 e. The minimum atomic E-state index is -4.33. The standard InChI is InChI=1S/C27H38N2O9S2/c1-27(2)19-21(28-11-6-14-39(32,33)34)17-25-23(27)16-20-9-10-22(18-24(20)38-25)29(13-7-15-40(35,36)37)12-5-3-4-8-26(30)31/h9-10,16-18H,3-8,11-15,19H2,1-2H3,(H3,30,31,32,33,34,35,36,37). The van der Waals surface area contributed by atoms with Crippen LogP contribution in [-0.2, 0) is 30.4 Å². The molecule has 2 aliphatic carbocycles. The lowest BCUT2D eigenvalue weighted by molar-refractivity contribution is -0.137. The number of rotatable bonds is 15. The number of carboxylic acid groups (broad SMARTS) is 1. The number of nitrogens with zero attached hydrogens (tertiary/aromatic N) is 1. The third-order valence-electron chi connectivity index (χ3n) is 6.89. The molecular weight excluding hydrogens is 560 g/mol. The van der Waals surface area contributed by atoms with E-state index in [1.807, 2.05) is 28.9 Å². The lowest BCUT2D eigenvalue weighted by Gasteiger charge is -2.32. The van der Waals surface area contributed by atoms with Crippen molar-refractivity contribution in [3.8, 4) is 11.3 Å². The maximum atomic E-state index is 11.1. The van der Waals surface area contributed by atoms with E-state index in [4.69, 9.17) is 14.1 Å². The van der Waals surface area contributed by atoms with E-state index in [2.05, 4.69) is 25.2 Å². The number of allylic oxidation sites excluding steroid dienone is 1. The number of unbranched alkanes of at least 4 members (excludes halogenated alkanes) is 2. The number of carboxylic acids is 1. The number of nitrogens with one attached hydrogen (secondary N) is 1. The third-order valence-corrected chi connectivity index (χ3v) is 8.48. The SMILES string of the molecule is CC1(C)CC(NCCCS(=O)(=O)O)=Cc2oc3cc(=[N+](CCCCCC(=O)O)CCCS(=O)(=O)[O-])ccc-3cc21. The van der Waals surface area contributed by atoms with Gasteiger partial charge in [0, 0.05) is 60.5 Å². The summed E-state index contributed by atoms with van der Waals surface area (Å²) in [6, 6.07) is 7.84. The average molecular weight is 599 g/mol. The molecule has 3 aliphatic rings. The Bertz CT molecular complexity index is 1490. The fraction of sp³-hybridized carbons (Fsp3) is 0.556. The van der Waals surface area contributed by atoms with Crippen molar-refractivity contribution >= 4 is 32.3 Å². The summed E-state index contributed by atoms with van der Waals surface area (Å²) in [7, 11) is -8.34. The lowest BCUT2D eigenvalue weighted by Crippen LogP contribution is -2.33. The van der Waals surface area contributed by atoms with Crippen molar-refractivity contribution < 1.29 is 40.3 Å². The van der Waals surface area contributed by atoms with Crippen LogP contribution >= 0.6 is 0 Å².